The third-order valence-electron chi connectivity index (χ3n) is 2.64. The zero-order valence-electron chi connectivity index (χ0n) is 10.5. The highest BCUT2D eigenvalue weighted by Crippen LogP contribution is 2.07. The maximum Gasteiger partial charge on any atom is 0.254 e. The van der Waals surface area contributed by atoms with E-state index in [1.165, 1.54) is 0 Å². The topological polar surface area (TPSA) is 31.2 Å². The molecular formula is C15H17NO2. The van der Waals surface area contributed by atoms with Crippen LogP contribution in [0.4, 0.5) is 0 Å². The van der Waals surface area contributed by atoms with Crippen LogP contribution in [0.2, 0.25) is 0 Å². The Kier molecular flexibility index (Phi) is 4.18. The van der Waals surface area contributed by atoms with E-state index in [-0.39, 0.29) is 5.56 Å². The summed E-state index contributed by atoms with van der Waals surface area (Å²) >= 11 is 0. The number of hydrogen-bond acceptors (Lipinski definition) is 2. The van der Waals surface area contributed by atoms with Crippen molar-refractivity contribution >= 4 is 0 Å². The summed E-state index contributed by atoms with van der Waals surface area (Å²) in [5.74, 6) is 0.645. The second kappa shape index (κ2) is 6.05. The monoisotopic (exact) mass is 243 g/mol. The summed E-state index contributed by atoms with van der Waals surface area (Å²) in [6.45, 7) is 3.27. The summed E-state index contributed by atoms with van der Waals surface area (Å²) in [6.07, 6.45) is 2.72. The van der Waals surface area contributed by atoms with Crippen LogP contribution in [0, 0.1) is 0 Å². The summed E-state index contributed by atoms with van der Waals surface area (Å²) in [7, 11) is 0. The summed E-state index contributed by atoms with van der Waals surface area (Å²) in [5, 5.41) is 0. The number of hydrogen-bond donors (Lipinski definition) is 0. The predicted molar refractivity (Wildman–Crippen MR) is 72.0 cm³/mol. The molecule has 0 amide bonds. The van der Waals surface area contributed by atoms with Gasteiger partial charge in [0.2, 0.25) is 0 Å². The molecule has 0 radical (unpaired) electrons. The molecule has 0 atom stereocenters. The van der Waals surface area contributed by atoms with Crippen molar-refractivity contribution in [3.63, 3.8) is 0 Å². The lowest BCUT2D eigenvalue weighted by Gasteiger charge is -2.08. The van der Waals surface area contributed by atoms with Crippen molar-refractivity contribution in [3.8, 4) is 5.75 Å². The Bertz CT molecular complexity index is 546. The third kappa shape index (κ3) is 3.23. The lowest BCUT2D eigenvalue weighted by Crippen LogP contribution is -2.19. The molecule has 0 fully saturated rings. The average molecular weight is 243 g/mol. The number of benzene rings is 1. The normalized spacial score (nSPS) is 10.3. The van der Waals surface area contributed by atoms with Crippen molar-refractivity contribution in [2.45, 2.75) is 19.9 Å². The van der Waals surface area contributed by atoms with Crippen molar-refractivity contribution < 1.29 is 4.74 Å². The third-order valence-corrected chi connectivity index (χ3v) is 2.64. The second-order valence-electron chi connectivity index (χ2n) is 4.16. The Morgan fingerprint density at radius 2 is 1.94 bits per heavy atom. The fourth-order valence-electron chi connectivity index (χ4n) is 1.71. The lowest BCUT2D eigenvalue weighted by molar-refractivity contribution is 0.316. The van der Waals surface area contributed by atoms with E-state index in [0.29, 0.717) is 18.9 Å². The molecule has 2 aromatic rings. The largest absolute Gasteiger partial charge is 0.493 e. The minimum atomic E-state index is -0.0348. The van der Waals surface area contributed by atoms with E-state index in [1.54, 1.807) is 16.8 Å². The fourth-order valence-corrected chi connectivity index (χ4v) is 1.71. The van der Waals surface area contributed by atoms with Gasteiger partial charge in [-0.15, -0.1) is 0 Å². The van der Waals surface area contributed by atoms with E-state index < -0.39 is 0 Å². The minimum absolute atomic E-state index is 0.0348. The molecule has 1 aromatic heterocycles. The van der Waals surface area contributed by atoms with E-state index in [2.05, 4.69) is 0 Å². The first-order valence-electron chi connectivity index (χ1n) is 6.17. The Labute approximate surface area is 107 Å². The van der Waals surface area contributed by atoms with Crippen molar-refractivity contribution in [2.24, 2.45) is 0 Å². The van der Waals surface area contributed by atoms with Gasteiger partial charge in [0.1, 0.15) is 5.75 Å². The fraction of sp³-hybridized carbons (Fsp3) is 0.267. The number of ether oxygens (including phenoxy) is 1. The zero-order chi connectivity index (χ0) is 12.8. The van der Waals surface area contributed by atoms with Crippen LogP contribution in [-0.2, 0) is 6.54 Å². The molecule has 0 aliphatic carbocycles. The molecule has 0 spiro atoms. The SMILES string of the molecule is CCCOc1ccn(Cc2ccccc2)c(=O)c1. The Morgan fingerprint density at radius 1 is 1.17 bits per heavy atom. The molecular weight excluding hydrogens is 226 g/mol. The van der Waals surface area contributed by atoms with Crippen molar-refractivity contribution in [2.75, 3.05) is 6.61 Å². The highest BCUT2D eigenvalue weighted by molar-refractivity contribution is 5.20. The van der Waals surface area contributed by atoms with Crippen LogP contribution in [0.3, 0.4) is 0 Å². The van der Waals surface area contributed by atoms with E-state index in [0.717, 1.165) is 12.0 Å². The Morgan fingerprint density at radius 3 is 2.61 bits per heavy atom. The zero-order valence-corrected chi connectivity index (χ0v) is 10.5. The smallest absolute Gasteiger partial charge is 0.254 e. The quantitative estimate of drug-likeness (QED) is 0.808. The molecule has 1 heterocycles. The van der Waals surface area contributed by atoms with Gasteiger partial charge in [0.25, 0.3) is 5.56 Å². The highest BCUT2D eigenvalue weighted by atomic mass is 16.5. The summed E-state index contributed by atoms with van der Waals surface area (Å²) < 4.78 is 7.10. The summed E-state index contributed by atoms with van der Waals surface area (Å²) in [6, 6.07) is 13.3. The van der Waals surface area contributed by atoms with Crippen LogP contribution >= 0.6 is 0 Å². The maximum absolute atomic E-state index is 11.9. The van der Waals surface area contributed by atoms with E-state index in [1.807, 2.05) is 43.3 Å². The van der Waals surface area contributed by atoms with Gasteiger partial charge in [-0.2, -0.15) is 0 Å². The predicted octanol–water partition coefficient (Wildman–Crippen LogP) is 2.69. The van der Waals surface area contributed by atoms with Crippen molar-refractivity contribution in [1.82, 2.24) is 4.57 Å². The minimum Gasteiger partial charge on any atom is -0.493 e. The maximum atomic E-state index is 11.9. The van der Waals surface area contributed by atoms with Gasteiger partial charge >= 0.3 is 0 Å². The molecule has 18 heavy (non-hydrogen) atoms. The van der Waals surface area contributed by atoms with Gasteiger partial charge in [-0.05, 0) is 18.1 Å². The summed E-state index contributed by atoms with van der Waals surface area (Å²) in [5.41, 5.74) is 1.08. The van der Waals surface area contributed by atoms with Gasteiger partial charge in [0.15, 0.2) is 0 Å². The van der Waals surface area contributed by atoms with Gasteiger partial charge in [-0.3, -0.25) is 4.79 Å². The lowest BCUT2D eigenvalue weighted by atomic mass is 10.2. The first-order valence-corrected chi connectivity index (χ1v) is 6.17. The molecule has 0 aliphatic rings. The molecule has 0 N–H and O–H groups in total. The first-order chi connectivity index (χ1) is 8.79. The van der Waals surface area contributed by atoms with E-state index in [9.17, 15) is 4.79 Å². The molecule has 0 aliphatic heterocycles. The van der Waals surface area contributed by atoms with Crippen LogP contribution in [0.15, 0.2) is 53.5 Å². The molecule has 0 bridgehead atoms. The molecule has 3 nitrogen and oxygen atoms in total. The molecule has 2 rings (SSSR count). The van der Waals surface area contributed by atoms with Gasteiger partial charge < -0.3 is 9.30 Å². The molecule has 0 saturated heterocycles. The molecule has 0 saturated carbocycles. The Balaban J connectivity index is 2.13. The van der Waals surface area contributed by atoms with Crippen LogP contribution in [0.25, 0.3) is 0 Å². The van der Waals surface area contributed by atoms with E-state index >= 15 is 0 Å². The molecule has 3 heteroatoms. The average Bonchev–Trinajstić information content (AvgIpc) is 2.40. The number of pyridine rings is 1. The van der Waals surface area contributed by atoms with Gasteiger partial charge in [-0.25, -0.2) is 0 Å². The Hall–Kier alpha value is -2.03. The van der Waals surface area contributed by atoms with Crippen LogP contribution in [0.1, 0.15) is 18.9 Å². The molecule has 94 valence electrons. The van der Waals surface area contributed by atoms with Crippen LogP contribution in [-0.4, -0.2) is 11.2 Å². The number of nitrogens with zero attached hydrogens (tertiary/aromatic N) is 1. The highest BCUT2D eigenvalue weighted by Gasteiger charge is 2.00. The van der Waals surface area contributed by atoms with E-state index in [4.69, 9.17) is 4.74 Å². The molecule has 0 unspecified atom stereocenters. The molecule has 1 aromatic carbocycles. The van der Waals surface area contributed by atoms with Crippen molar-refractivity contribution in [3.05, 3.63) is 64.6 Å². The number of rotatable bonds is 5. The van der Waals surface area contributed by atoms with Crippen LogP contribution in [0.5, 0.6) is 5.75 Å². The second-order valence-corrected chi connectivity index (χ2v) is 4.16. The van der Waals surface area contributed by atoms with Crippen LogP contribution < -0.4 is 10.3 Å². The number of aromatic nitrogens is 1. The first kappa shape index (κ1) is 12.4. The van der Waals surface area contributed by atoms with Gasteiger partial charge in [0.05, 0.1) is 13.2 Å². The summed E-state index contributed by atoms with van der Waals surface area (Å²) in [4.78, 5) is 11.9. The van der Waals surface area contributed by atoms with Crippen molar-refractivity contribution in [1.29, 1.82) is 0 Å². The van der Waals surface area contributed by atoms with Gasteiger partial charge in [0, 0.05) is 12.3 Å². The van der Waals surface area contributed by atoms with Gasteiger partial charge in [-0.1, -0.05) is 37.3 Å². The standard InChI is InChI=1S/C15H17NO2/c1-2-10-18-14-8-9-16(15(17)11-14)12-13-6-4-3-5-7-13/h3-9,11H,2,10,12H2,1H3.